The highest BCUT2D eigenvalue weighted by Gasteiger charge is 2.44. The number of amides is 4. The number of carbonyl (C=O) groups is 4. The Kier molecular flexibility index (Phi) is 11.7. The maximum atomic E-state index is 13.6. The topological polar surface area (TPSA) is 131 Å². The molecule has 4 N–H and O–H groups in total. The summed E-state index contributed by atoms with van der Waals surface area (Å²) in [5.41, 5.74) is 7.54. The molecule has 0 bridgehead atoms. The van der Waals surface area contributed by atoms with Gasteiger partial charge in [0.05, 0.1) is 23.3 Å². The van der Waals surface area contributed by atoms with Crippen LogP contribution in [-0.2, 0) is 25.5 Å². The van der Waals surface area contributed by atoms with Gasteiger partial charge in [0.2, 0.25) is 17.7 Å². The fourth-order valence-electron chi connectivity index (χ4n) is 4.29. The molecule has 3 atom stereocenters. The molecule has 4 rings (SSSR count). The van der Waals surface area contributed by atoms with Gasteiger partial charge in [-0.25, -0.2) is 4.79 Å². The number of hydrogen-bond acceptors (Lipinski definition) is 7. The van der Waals surface area contributed by atoms with Crippen molar-refractivity contribution < 1.29 is 23.9 Å². The first kappa shape index (κ1) is 32.1. The molecule has 1 fully saturated rings. The molecular formula is C31H31BrN4O5S2. The molecule has 3 aromatic rings. The van der Waals surface area contributed by atoms with E-state index >= 15 is 0 Å². The number of alkyl carbamates (subject to hydrolysis) is 1. The molecule has 224 valence electrons. The third-order valence-electron chi connectivity index (χ3n) is 6.42. The van der Waals surface area contributed by atoms with Crippen molar-refractivity contribution in [2.75, 3.05) is 19.7 Å². The van der Waals surface area contributed by atoms with Crippen molar-refractivity contribution in [2.45, 2.75) is 36.4 Å². The molecule has 0 radical (unpaired) electrons. The summed E-state index contributed by atoms with van der Waals surface area (Å²) in [4.78, 5) is 53.9. The Bertz CT molecular complexity index is 1500. The first-order valence-electron chi connectivity index (χ1n) is 13.6. The van der Waals surface area contributed by atoms with Gasteiger partial charge in [-0.3, -0.25) is 14.4 Å². The van der Waals surface area contributed by atoms with Gasteiger partial charge in [0.15, 0.2) is 0 Å². The van der Waals surface area contributed by atoms with Crippen LogP contribution in [0.15, 0.2) is 71.2 Å². The van der Waals surface area contributed by atoms with Crippen molar-refractivity contribution >= 4 is 62.8 Å². The molecule has 1 saturated heterocycles. The van der Waals surface area contributed by atoms with Crippen molar-refractivity contribution in [3.8, 4) is 11.8 Å². The SMILES string of the molecule is CCOC(=O)NC(CN1C(=O)C(CC(=O)NCCc2ccc(Br)cc2)SC1c1ccc(C#Cc2ccccc2)s1)C(N)=O. The van der Waals surface area contributed by atoms with Gasteiger partial charge in [-0.1, -0.05) is 58.1 Å². The van der Waals surface area contributed by atoms with Crippen molar-refractivity contribution in [3.05, 3.63) is 92.1 Å². The number of thiophene rings is 1. The molecule has 1 aromatic heterocycles. The zero-order chi connectivity index (χ0) is 30.8. The Hall–Kier alpha value is -3.79. The van der Waals surface area contributed by atoms with Gasteiger partial charge in [0.25, 0.3) is 0 Å². The lowest BCUT2D eigenvalue weighted by Gasteiger charge is -2.27. The summed E-state index contributed by atoms with van der Waals surface area (Å²) in [6.07, 6.45) is -0.185. The standard InChI is InChI=1S/C31H31BrN4O5S2/c1-2-41-31(40)35-24(28(33)38)19-36-29(39)26(18-27(37)34-17-16-21-8-11-22(32)12-9-21)43-30(36)25-15-14-23(42-25)13-10-20-6-4-3-5-7-20/h3-9,11-12,14-15,24,26,30H,2,16-19H2,1H3,(H2,33,38)(H,34,37)(H,35,40). The molecule has 3 unspecified atom stereocenters. The van der Waals surface area contributed by atoms with Crippen LogP contribution in [0.3, 0.4) is 0 Å². The number of halogens is 1. The number of nitrogens with one attached hydrogen (secondary N) is 2. The number of nitrogens with zero attached hydrogens (tertiary/aromatic N) is 1. The van der Waals surface area contributed by atoms with E-state index in [2.05, 4.69) is 38.4 Å². The van der Waals surface area contributed by atoms with Crippen molar-refractivity contribution in [1.82, 2.24) is 15.5 Å². The minimum Gasteiger partial charge on any atom is -0.450 e. The van der Waals surface area contributed by atoms with Gasteiger partial charge in [-0.05, 0) is 55.3 Å². The van der Waals surface area contributed by atoms with E-state index in [1.807, 2.05) is 66.7 Å². The third kappa shape index (κ3) is 9.35. The number of primary amides is 1. The number of carbonyl (C=O) groups excluding carboxylic acids is 4. The van der Waals surface area contributed by atoms with Gasteiger partial charge in [-0.2, -0.15) is 0 Å². The van der Waals surface area contributed by atoms with Crippen molar-refractivity contribution in [2.24, 2.45) is 5.73 Å². The fourth-order valence-corrected chi connectivity index (χ4v) is 7.09. The maximum absolute atomic E-state index is 13.6. The zero-order valence-corrected chi connectivity index (χ0v) is 26.6. The van der Waals surface area contributed by atoms with E-state index in [9.17, 15) is 19.2 Å². The Morgan fingerprint density at radius 3 is 2.51 bits per heavy atom. The number of rotatable bonds is 11. The lowest BCUT2D eigenvalue weighted by atomic mass is 10.1. The highest BCUT2D eigenvalue weighted by Crippen LogP contribution is 2.46. The molecule has 1 aliphatic rings. The molecule has 9 nitrogen and oxygen atoms in total. The van der Waals surface area contributed by atoms with Crippen LogP contribution in [0.2, 0.25) is 0 Å². The van der Waals surface area contributed by atoms with Crippen LogP contribution in [0, 0.1) is 11.8 Å². The van der Waals surface area contributed by atoms with Gasteiger partial charge in [0.1, 0.15) is 11.4 Å². The Balaban J connectivity index is 1.48. The van der Waals surface area contributed by atoms with Crippen LogP contribution in [-0.4, -0.2) is 59.7 Å². The molecule has 2 aromatic carbocycles. The van der Waals surface area contributed by atoms with Crippen LogP contribution in [0.4, 0.5) is 4.79 Å². The minimum atomic E-state index is -1.18. The highest BCUT2D eigenvalue weighted by atomic mass is 79.9. The van der Waals surface area contributed by atoms with E-state index in [-0.39, 0.29) is 31.4 Å². The molecule has 12 heteroatoms. The average Bonchev–Trinajstić information content (AvgIpc) is 3.58. The quantitative estimate of drug-likeness (QED) is 0.260. The summed E-state index contributed by atoms with van der Waals surface area (Å²) in [6, 6.07) is 20.0. The lowest BCUT2D eigenvalue weighted by Crippen LogP contribution is -2.52. The van der Waals surface area contributed by atoms with Gasteiger partial charge in [-0.15, -0.1) is 23.1 Å². The van der Waals surface area contributed by atoms with E-state index in [4.69, 9.17) is 10.5 Å². The highest BCUT2D eigenvalue weighted by molar-refractivity contribution is 9.10. The first-order chi connectivity index (χ1) is 20.7. The molecule has 0 spiro atoms. The summed E-state index contributed by atoms with van der Waals surface area (Å²) in [5, 5.41) is 4.15. The summed E-state index contributed by atoms with van der Waals surface area (Å²) in [7, 11) is 0. The number of hydrogen-bond donors (Lipinski definition) is 3. The Morgan fingerprint density at radius 1 is 1.07 bits per heavy atom. The minimum absolute atomic E-state index is 0.0323. The van der Waals surface area contributed by atoms with Crippen molar-refractivity contribution in [1.29, 1.82) is 0 Å². The molecule has 2 heterocycles. The Morgan fingerprint density at radius 2 is 1.81 bits per heavy atom. The predicted molar refractivity (Wildman–Crippen MR) is 171 cm³/mol. The van der Waals surface area contributed by atoms with Gasteiger partial charge in [0, 0.05) is 27.9 Å². The van der Waals surface area contributed by atoms with E-state index in [1.54, 1.807) is 6.92 Å². The van der Waals surface area contributed by atoms with Crippen LogP contribution < -0.4 is 16.4 Å². The molecular weight excluding hydrogens is 652 g/mol. The van der Waals surface area contributed by atoms with Crippen LogP contribution in [0.25, 0.3) is 0 Å². The third-order valence-corrected chi connectivity index (χ3v) is 9.61. The predicted octanol–water partition coefficient (Wildman–Crippen LogP) is 4.20. The van der Waals surface area contributed by atoms with Crippen LogP contribution >= 0.6 is 39.0 Å². The molecule has 43 heavy (non-hydrogen) atoms. The second kappa shape index (κ2) is 15.6. The van der Waals surface area contributed by atoms with Crippen LogP contribution in [0.5, 0.6) is 0 Å². The largest absolute Gasteiger partial charge is 0.450 e. The molecule has 4 amide bonds. The first-order valence-corrected chi connectivity index (χ1v) is 16.1. The number of ether oxygens (including phenoxy) is 1. The van der Waals surface area contributed by atoms with Crippen LogP contribution in [0.1, 0.15) is 39.6 Å². The van der Waals surface area contributed by atoms with Crippen molar-refractivity contribution in [3.63, 3.8) is 0 Å². The summed E-state index contributed by atoms with van der Waals surface area (Å²) in [6.45, 7) is 2.01. The van der Waals surface area contributed by atoms with E-state index in [0.29, 0.717) is 13.0 Å². The summed E-state index contributed by atoms with van der Waals surface area (Å²) in [5.74, 6) is 4.91. The van der Waals surface area contributed by atoms with Gasteiger partial charge >= 0.3 is 6.09 Å². The van der Waals surface area contributed by atoms with Gasteiger partial charge < -0.3 is 26.0 Å². The molecule has 0 saturated carbocycles. The monoisotopic (exact) mass is 682 g/mol. The molecule has 1 aliphatic heterocycles. The molecule has 0 aliphatic carbocycles. The smallest absolute Gasteiger partial charge is 0.407 e. The summed E-state index contributed by atoms with van der Waals surface area (Å²) >= 11 is 6.16. The normalized spacial score (nSPS) is 16.6. The van der Waals surface area contributed by atoms with E-state index < -0.39 is 28.7 Å². The summed E-state index contributed by atoms with van der Waals surface area (Å²) < 4.78 is 5.89. The van der Waals surface area contributed by atoms with E-state index in [1.165, 1.54) is 28.0 Å². The Labute approximate surface area is 267 Å². The number of benzene rings is 2. The lowest BCUT2D eigenvalue weighted by molar-refractivity contribution is -0.133. The fraction of sp³-hybridized carbons (Fsp3) is 0.290. The second-order valence-corrected chi connectivity index (χ2v) is 12.9. The van der Waals surface area contributed by atoms with E-state index in [0.717, 1.165) is 25.4 Å². The zero-order valence-electron chi connectivity index (χ0n) is 23.4. The second-order valence-electron chi connectivity index (χ2n) is 9.54. The number of nitrogens with two attached hydrogens (primary N) is 1. The number of thioether (sulfide) groups is 1. The maximum Gasteiger partial charge on any atom is 0.407 e. The average molecular weight is 684 g/mol.